The Morgan fingerprint density at radius 2 is 1.68 bits per heavy atom. The van der Waals surface area contributed by atoms with E-state index < -0.39 is 0 Å². The van der Waals surface area contributed by atoms with Gasteiger partial charge in [-0.25, -0.2) is 0 Å². The third-order valence-electron chi connectivity index (χ3n) is 3.98. The van der Waals surface area contributed by atoms with E-state index in [2.05, 4.69) is 49.4 Å². The first-order valence-electron chi connectivity index (χ1n) is 9.17. The van der Waals surface area contributed by atoms with Gasteiger partial charge in [0.15, 0.2) is 6.61 Å². The van der Waals surface area contributed by atoms with Gasteiger partial charge in [0.1, 0.15) is 5.75 Å². The van der Waals surface area contributed by atoms with Crippen molar-refractivity contribution in [3.8, 4) is 5.75 Å². The quantitative estimate of drug-likeness (QED) is 0.402. The Morgan fingerprint density at radius 1 is 1.00 bits per heavy atom. The van der Waals surface area contributed by atoms with Gasteiger partial charge in [0.25, 0.3) is 5.91 Å². The van der Waals surface area contributed by atoms with Crippen LogP contribution in [0.25, 0.3) is 0 Å². The number of ether oxygens (including phenoxy) is 1. The number of carbonyl (C=O) groups excluding carboxylic acids is 2. The van der Waals surface area contributed by atoms with Gasteiger partial charge in [0, 0.05) is 22.3 Å². The number of hydrogen-bond acceptors (Lipinski definition) is 3. The second kappa shape index (κ2) is 11.2. The van der Waals surface area contributed by atoms with Crippen LogP contribution in [0.1, 0.15) is 38.2 Å². The van der Waals surface area contributed by atoms with E-state index >= 15 is 0 Å². The minimum absolute atomic E-state index is 0.0178. The molecular formula is C21H24Br2N2O3. The van der Waals surface area contributed by atoms with Crippen molar-refractivity contribution in [1.82, 2.24) is 0 Å². The highest BCUT2D eigenvalue weighted by molar-refractivity contribution is 9.11. The molecule has 2 rings (SSSR count). The number of carbonyl (C=O) groups is 2. The average Bonchev–Trinajstić information content (AvgIpc) is 2.61. The minimum atomic E-state index is -0.277. The lowest BCUT2D eigenvalue weighted by molar-refractivity contribution is -0.118. The van der Waals surface area contributed by atoms with E-state index in [1.807, 2.05) is 19.1 Å². The number of aryl methyl sites for hydroxylation is 1. The zero-order valence-electron chi connectivity index (χ0n) is 16.0. The second-order valence-electron chi connectivity index (χ2n) is 6.46. The Hall–Kier alpha value is -1.86. The van der Waals surface area contributed by atoms with Crippen LogP contribution in [0.15, 0.2) is 45.3 Å². The van der Waals surface area contributed by atoms with E-state index in [0.29, 0.717) is 23.5 Å². The molecule has 2 aromatic carbocycles. The lowest BCUT2D eigenvalue weighted by Gasteiger charge is -2.12. The number of unbranched alkanes of at least 4 members (excludes halogenated alkanes) is 2. The Labute approximate surface area is 182 Å². The van der Waals surface area contributed by atoms with E-state index in [1.165, 1.54) is 0 Å². The van der Waals surface area contributed by atoms with Crippen LogP contribution in [0.3, 0.4) is 0 Å². The molecule has 7 heteroatoms. The predicted octanol–water partition coefficient (Wildman–Crippen LogP) is 6.06. The van der Waals surface area contributed by atoms with Gasteiger partial charge in [-0.05, 0) is 65.2 Å². The average molecular weight is 512 g/mol. The van der Waals surface area contributed by atoms with Gasteiger partial charge >= 0.3 is 0 Å². The van der Waals surface area contributed by atoms with Crippen LogP contribution in [0.2, 0.25) is 0 Å². The van der Waals surface area contributed by atoms with E-state index in [9.17, 15) is 9.59 Å². The van der Waals surface area contributed by atoms with E-state index in [1.54, 1.807) is 24.3 Å². The number of benzene rings is 2. The Kier molecular flexibility index (Phi) is 8.99. The fourth-order valence-corrected chi connectivity index (χ4v) is 4.19. The maximum absolute atomic E-state index is 12.2. The molecule has 2 N–H and O–H groups in total. The van der Waals surface area contributed by atoms with Crippen molar-refractivity contribution >= 4 is 55.0 Å². The zero-order chi connectivity index (χ0) is 20.5. The molecule has 0 aliphatic carbocycles. The summed E-state index contributed by atoms with van der Waals surface area (Å²) in [5.74, 6) is 0.336. The van der Waals surface area contributed by atoms with Gasteiger partial charge in [-0.1, -0.05) is 41.8 Å². The highest BCUT2D eigenvalue weighted by atomic mass is 79.9. The third kappa shape index (κ3) is 7.28. The summed E-state index contributed by atoms with van der Waals surface area (Å²) in [6, 6.07) is 10.9. The molecule has 0 heterocycles. The first kappa shape index (κ1) is 22.4. The molecule has 0 saturated carbocycles. The molecule has 0 aliphatic heterocycles. The zero-order valence-corrected chi connectivity index (χ0v) is 19.2. The molecule has 28 heavy (non-hydrogen) atoms. The largest absolute Gasteiger partial charge is 0.482 e. The third-order valence-corrected chi connectivity index (χ3v) is 5.03. The molecule has 0 radical (unpaired) electrons. The fraction of sp³-hybridized carbons (Fsp3) is 0.333. The van der Waals surface area contributed by atoms with Crippen LogP contribution in [0, 0.1) is 6.92 Å². The fourth-order valence-electron chi connectivity index (χ4n) is 2.64. The van der Waals surface area contributed by atoms with Gasteiger partial charge in [-0.3, -0.25) is 9.59 Å². The van der Waals surface area contributed by atoms with E-state index in [-0.39, 0.29) is 18.4 Å². The van der Waals surface area contributed by atoms with Crippen LogP contribution in [0.4, 0.5) is 11.4 Å². The van der Waals surface area contributed by atoms with Crippen LogP contribution < -0.4 is 15.4 Å². The Bertz CT molecular complexity index is 817. The van der Waals surface area contributed by atoms with Crippen molar-refractivity contribution in [1.29, 1.82) is 0 Å². The summed E-state index contributed by atoms with van der Waals surface area (Å²) in [5, 5.41) is 5.65. The number of hydrogen-bond donors (Lipinski definition) is 2. The van der Waals surface area contributed by atoms with E-state index in [4.69, 9.17) is 4.74 Å². The van der Waals surface area contributed by atoms with Crippen LogP contribution in [-0.4, -0.2) is 18.4 Å². The molecule has 0 spiro atoms. The molecule has 0 bridgehead atoms. The van der Waals surface area contributed by atoms with Crippen LogP contribution in [0.5, 0.6) is 5.75 Å². The molecule has 5 nitrogen and oxygen atoms in total. The Balaban J connectivity index is 1.89. The summed E-state index contributed by atoms with van der Waals surface area (Å²) in [6.07, 6.45) is 3.49. The summed E-state index contributed by atoms with van der Waals surface area (Å²) in [6.45, 7) is 3.90. The highest BCUT2D eigenvalue weighted by Gasteiger charge is 2.10. The smallest absolute Gasteiger partial charge is 0.262 e. The molecule has 2 amide bonds. The summed E-state index contributed by atoms with van der Waals surface area (Å²) >= 11 is 6.86. The summed E-state index contributed by atoms with van der Waals surface area (Å²) in [4.78, 5) is 24.2. The molecule has 0 aromatic heterocycles. The van der Waals surface area contributed by atoms with Crippen molar-refractivity contribution in [3.63, 3.8) is 0 Å². The molecule has 0 atom stereocenters. The topological polar surface area (TPSA) is 67.4 Å². The van der Waals surface area contributed by atoms with Crippen molar-refractivity contribution < 1.29 is 14.3 Å². The Morgan fingerprint density at radius 3 is 2.32 bits per heavy atom. The first-order valence-corrected chi connectivity index (χ1v) is 10.8. The number of nitrogens with one attached hydrogen (secondary N) is 2. The predicted molar refractivity (Wildman–Crippen MR) is 120 cm³/mol. The van der Waals surface area contributed by atoms with Gasteiger partial charge in [-0.15, -0.1) is 0 Å². The molecular weight excluding hydrogens is 488 g/mol. The van der Waals surface area contributed by atoms with Crippen molar-refractivity contribution in [2.45, 2.75) is 39.5 Å². The number of rotatable bonds is 9. The highest BCUT2D eigenvalue weighted by Crippen LogP contribution is 2.32. The van der Waals surface area contributed by atoms with Gasteiger partial charge in [0.05, 0.1) is 4.47 Å². The molecule has 2 aromatic rings. The molecule has 0 saturated heterocycles. The second-order valence-corrected chi connectivity index (χ2v) is 8.23. The van der Waals surface area contributed by atoms with Gasteiger partial charge in [0.2, 0.25) is 5.91 Å². The monoisotopic (exact) mass is 510 g/mol. The maximum Gasteiger partial charge on any atom is 0.262 e. The number of halogens is 2. The van der Waals surface area contributed by atoms with E-state index in [0.717, 1.165) is 33.8 Å². The lowest BCUT2D eigenvalue weighted by atomic mass is 10.2. The van der Waals surface area contributed by atoms with Crippen molar-refractivity contribution in [3.05, 3.63) is 50.9 Å². The summed E-state index contributed by atoms with van der Waals surface area (Å²) in [7, 11) is 0. The summed E-state index contributed by atoms with van der Waals surface area (Å²) in [5.41, 5.74) is 2.18. The molecule has 0 unspecified atom stereocenters. The summed E-state index contributed by atoms with van der Waals surface area (Å²) < 4.78 is 7.37. The molecule has 0 fully saturated rings. The molecule has 0 aliphatic rings. The standard InChI is InChI=1S/C21H24Br2N2O3/c1-3-4-5-9-19(26)24-16-7-6-8-17(12-16)25-20(27)13-28-21-14(2)10-15(22)11-18(21)23/h6-8,10-12H,3-5,9,13H2,1-2H3,(H,24,26)(H,25,27). The normalized spacial score (nSPS) is 10.4. The van der Waals surface area contributed by atoms with Crippen LogP contribution in [-0.2, 0) is 9.59 Å². The van der Waals surface area contributed by atoms with Crippen LogP contribution >= 0.6 is 31.9 Å². The minimum Gasteiger partial charge on any atom is -0.482 e. The molecule has 150 valence electrons. The van der Waals surface area contributed by atoms with Gasteiger partial charge in [-0.2, -0.15) is 0 Å². The van der Waals surface area contributed by atoms with Gasteiger partial charge < -0.3 is 15.4 Å². The van der Waals surface area contributed by atoms with Crippen molar-refractivity contribution in [2.75, 3.05) is 17.2 Å². The number of amides is 2. The SMILES string of the molecule is CCCCCC(=O)Nc1cccc(NC(=O)COc2c(C)cc(Br)cc2Br)c1. The van der Waals surface area contributed by atoms with Crippen molar-refractivity contribution in [2.24, 2.45) is 0 Å². The number of anilines is 2. The lowest BCUT2D eigenvalue weighted by Crippen LogP contribution is -2.20. The maximum atomic E-state index is 12.2. The first-order chi connectivity index (χ1) is 13.4.